The van der Waals surface area contributed by atoms with Crippen LogP contribution in [0.3, 0.4) is 0 Å². The molecule has 140 valence electrons. The number of amides is 2. The van der Waals surface area contributed by atoms with Gasteiger partial charge < -0.3 is 20.6 Å². The zero-order chi connectivity index (χ0) is 18.5. The van der Waals surface area contributed by atoms with Crippen molar-refractivity contribution in [2.75, 3.05) is 31.5 Å². The van der Waals surface area contributed by atoms with Crippen molar-refractivity contribution in [1.29, 1.82) is 0 Å². The standard InChI is InChI=1S/C19H25N3O4/c23-17-10-15(14-4-1-2-5-16(14)21-17)19(26)22(9-3-6-18(24)25)12-13-7-8-20-11-13/h1-2,4-5,13,15,20H,3,6-12H2,(H,21,23)(H,24,25). The fourth-order valence-corrected chi connectivity index (χ4v) is 3.75. The van der Waals surface area contributed by atoms with E-state index < -0.39 is 11.9 Å². The number of hydrogen-bond acceptors (Lipinski definition) is 4. The van der Waals surface area contributed by atoms with E-state index in [1.54, 1.807) is 4.90 Å². The van der Waals surface area contributed by atoms with Gasteiger partial charge in [-0.15, -0.1) is 0 Å². The average Bonchev–Trinajstić information content (AvgIpc) is 3.12. The Balaban J connectivity index is 1.76. The Morgan fingerprint density at radius 2 is 2.08 bits per heavy atom. The number of benzene rings is 1. The fourth-order valence-electron chi connectivity index (χ4n) is 3.75. The molecule has 2 atom stereocenters. The molecular weight excluding hydrogens is 334 g/mol. The van der Waals surface area contributed by atoms with Crippen LogP contribution in [0.25, 0.3) is 0 Å². The fraction of sp³-hybridized carbons (Fsp3) is 0.526. The largest absolute Gasteiger partial charge is 0.481 e. The Bertz CT molecular complexity index is 685. The first-order valence-electron chi connectivity index (χ1n) is 9.14. The van der Waals surface area contributed by atoms with E-state index in [9.17, 15) is 14.4 Å². The number of nitrogens with zero attached hydrogens (tertiary/aromatic N) is 1. The third-order valence-corrected chi connectivity index (χ3v) is 5.07. The SMILES string of the molecule is O=C(O)CCCN(CC1CCNC1)C(=O)C1CC(=O)Nc2ccccc21. The van der Waals surface area contributed by atoms with Crippen molar-refractivity contribution in [2.24, 2.45) is 5.92 Å². The molecule has 0 spiro atoms. The van der Waals surface area contributed by atoms with E-state index in [1.807, 2.05) is 24.3 Å². The van der Waals surface area contributed by atoms with Crippen LogP contribution in [-0.2, 0) is 14.4 Å². The van der Waals surface area contributed by atoms with Crippen LogP contribution in [0.5, 0.6) is 0 Å². The van der Waals surface area contributed by atoms with Gasteiger partial charge in [-0.3, -0.25) is 14.4 Å². The highest BCUT2D eigenvalue weighted by atomic mass is 16.4. The molecule has 7 heteroatoms. The van der Waals surface area contributed by atoms with E-state index in [0.29, 0.717) is 31.1 Å². The predicted octanol–water partition coefficient (Wildman–Crippen LogP) is 1.42. The number of nitrogens with one attached hydrogen (secondary N) is 2. The summed E-state index contributed by atoms with van der Waals surface area (Å²) in [5.74, 6) is -1.22. The van der Waals surface area contributed by atoms with Crippen LogP contribution < -0.4 is 10.6 Å². The number of carboxylic acid groups (broad SMARTS) is 1. The highest BCUT2D eigenvalue weighted by Gasteiger charge is 2.34. The molecule has 1 fully saturated rings. The third-order valence-electron chi connectivity index (χ3n) is 5.07. The van der Waals surface area contributed by atoms with E-state index >= 15 is 0 Å². The van der Waals surface area contributed by atoms with Gasteiger partial charge in [-0.1, -0.05) is 18.2 Å². The number of aliphatic carboxylic acids is 1. The van der Waals surface area contributed by atoms with Crippen molar-refractivity contribution < 1.29 is 19.5 Å². The number of carboxylic acids is 1. The summed E-state index contributed by atoms with van der Waals surface area (Å²) < 4.78 is 0. The highest BCUT2D eigenvalue weighted by Crippen LogP contribution is 2.33. The molecule has 0 bridgehead atoms. The lowest BCUT2D eigenvalue weighted by atomic mass is 9.89. The van der Waals surface area contributed by atoms with E-state index in [-0.39, 0.29) is 24.7 Å². The molecule has 2 heterocycles. The molecule has 0 aliphatic carbocycles. The number of anilines is 1. The molecule has 0 aromatic heterocycles. The highest BCUT2D eigenvalue weighted by molar-refractivity contribution is 6.01. The van der Waals surface area contributed by atoms with Crippen LogP contribution in [0.15, 0.2) is 24.3 Å². The quantitative estimate of drug-likeness (QED) is 0.684. The van der Waals surface area contributed by atoms with Crippen molar-refractivity contribution in [1.82, 2.24) is 10.2 Å². The van der Waals surface area contributed by atoms with Gasteiger partial charge in [-0.25, -0.2) is 0 Å². The van der Waals surface area contributed by atoms with Crippen LogP contribution >= 0.6 is 0 Å². The number of hydrogen-bond donors (Lipinski definition) is 3. The second kappa shape index (κ2) is 8.31. The Kier molecular flexibility index (Phi) is 5.88. The third kappa shape index (κ3) is 4.40. The monoisotopic (exact) mass is 359 g/mol. The lowest BCUT2D eigenvalue weighted by molar-refractivity contribution is -0.139. The van der Waals surface area contributed by atoms with Gasteiger partial charge in [0.1, 0.15) is 0 Å². The van der Waals surface area contributed by atoms with Gasteiger partial charge in [-0.2, -0.15) is 0 Å². The lowest BCUT2D eigenvalue weighted by Crippen LogP contribution is -2.42. The topological polar surface area (TPSA) is 98.7 Å². The molecule has 26 heavy (non-hydrogen) atoms. The smallest absolute Gasteiger partial charge is 0.303 e. The minimum absolute atomic E-state index is 0.0361. The van der Waals surface area contributed by atoms with Gasteiger partial charge in [0.25, 0.3) is 0 Å². The van der Waals surface area contributed by atoms with Gasteiger partial charge in [0.2, 0.25) is 11.8 Å². The number of fused-ring (bicyclic) bond motifs is 1. The summed E-state index contributed by atoms with van der Waals surface area (Å²) in [5, 5.41) is 15.0. The zero-order valence-corrected chi connectivity index (χ0v) is 14.7. The first-order chi connectivity index (χ1) is 12.5. The maximum atomic E-state index is 13.2. The normalized spacial score (nSPS) is 21.8. The summed E-state index contributed by atoms with van der Waals surface area (Å²) in [6.07, 6.45) is 1.59. The Hall–Kier alpha value is -2.41. The van der Waals surface area contributed by atoms with Gasteiger partial charge >= 0.3 is 5.97 Å². The summed E-state index contributed by atoms with van der Waals surface area (Å²) in [7, 11) is 0. The molecule has 2 amide bonds. The summed E-state index contributed by atoms with van der Waals surface area (Å²) in [6, 6.07) is 7.39. The number of rotatable bonds is 7. The minimum Gasteiger partial charge on any atom is -0.481 e. The van der Waals surface area contributed by atoms with Crippen LogP contribution in [-0.4, -0.2) is 54.0 Å². The van der Waals surface area contributed by atoms with Crippen LogP contribution in [0.1, 0.15) is 37.2 Å². The second-order valence-electron chi connectivity index (χ2n) is 7.03. The van der Waals surface area contributed by atoms with Crippen LogP contribution in [0.4, 0.5) is 5.69 Å². The molecule has 1 aromatic rings. The summed E-state index contributed by atoms with van der Waals surface area (Å²) in [4.78, 5) is 37.9. The molecule has 0 radical (unpaired) electrons. The molecule has 3 rings (SSSR count). The van der Waals surface area contributed by atoms with E-state index in [0.717, 1.165) is 25.1 Å². The van der Waals surface area contributed by atoms with Crippen molar-refractivity contribution in [3.8, 4) is 0 Å². The first-order valence-corrected chi connectivity index (χ1v) is 9.14. The molecule has 0 saturated carbocycles. The molecule has 2 aliphatic heterocycles. The van der Waals surface area contributed by atoms with Gasteiger partial charge in [0.15, 0.2) is 0 Å². The van der Waals surface area contributed by atoms with Gasteiger partial charge in [-0.05, 0) is 43.5 Å². The maximum Gasteiger partial charge on any atom is 0.303 e. The van der Waals surface area contributed by atoms with E-state index in [4.69, 9.17) is 5.11 Å². The number of carbonyl (C=O) groups excluding carboxylic acids is 2. The van der Waals surface area contributed by atoms with Crippen molar-refractivity contribution >= 4 is 23.5 Å². The molecule has 2 aliphatic rings. The Labute approximate surface area is 152 Å². The molecule has 7 nitrogen and oxygen atoms in total. The predicted molar refractivity (Wildman–Crippen MR) is 96.9 cm³/mol. The lowest BCUT2D eigenvalue weighted by Gasteiger charge is -2.32. The maximum absolute atomic E-state index is 13.2. The Morgan fingerprint density at radius 1 is 1.27 bits per heavy atom. The first kappa shape index (κ1) is 18.4. The van der Waals surface area contributed by atoms with Crippen molar-refractivity contribution in [3.63, 3.8) is 0 Å². The number of carbonyl (C=O) groups is 3. The average molecular weight is 359 g/mol. The summed E-state index contributed by atoms with van der Waals surface area (Å²) >= 11 is 0. The van der Waals surface area contributed by atoms with E-state index in [1.165, 1.54) is 0 Å². The molecule has 2 unspecified atom stereocenters. The minimum atomic E-state index is -0.859. The van der Waals surface area contributed by atoms with Gasteiger partial charge in [0, 0.05) is 31.6 Å². The second-order valence-corrected chi connectivity index (χ2v) is 7.03. The van der Waals surface area contributed by atoms with Crippen molar-refractivity contribution in [3.05, 3.63) is 29.8 Å². The number of para-hydroxylation sites is 1. The molecule has 3 N–H and O–H groups in total. The molecular formula is C19H25N3O4. The zero-order valence-electron chi connectivity index (χ0n) is 14.7. The summed E-state index contributed by atoms with van der Waals surface area (Å²) in [6.45, 7) is 2.81. The van der Waals surface area contributed by atoms with Gasteiger partial charge in [0.05, 0.1) is 5.92 Å². The van der Waals surface area contributed by atoms with Crippen molar-refractivity contribution in [2.45, 2.75) is 31.6 Å². The van der Waals surface area contributed by atoms with Crippen LogP contribution in [0.2, 0.25) is 0 Å². The molecule has 1 aromatic carbocycles. The molecule has 1 saturated heterocycles. The summed E-state index contributed by atoms with van der Waals surface area (Å²) in [5.41, 5.74) is 1.53. The Morgan fingerprint density at radius 3 is 2.81 bits per heavy atom. The van der Waals surface area contributed by atoms with Crippen LogP contribution in [0, 0.1) is 5.92 Å². The van der Waals surface area contributed by atoms with E-state index in [2.05, 4.69) is 10.6 Å².